The lowest BCUT2D eigenvalue weighted by Gasteiger charge is -2.26. The van der Waals surface area contributed by atoms with Gasteiger partial charge in [-0.15, -0.1) is 0 Å². The van der Waals surface area contributed by atoms with Crippen LogP contribution in [0.15, 0.2) is 0 Å². The molecule has 0 aromatic rings. The summed E-state index contributed by atoms with van der Waals surface area (Å²) in [4.78, 5) is 11.1. The Hall–Kier alpha value is -0.570. The van der Waals surface area contributed by atoms with Gasteiger partial charge in [-0.1, -0.05) is 6.92 Å². The van der Waals surface area contributed by atoms with Gasteiger partial charge in [0.2, 0.25) is 0 Å². The van der Waals surface area contributed by atoms with Crippen LogP contribution in [0.2, 0.25) is 0 Å². The molecule has 72 valence electrons. The molecule has 0 radical (unpaired) electrons. The second-order valence-electron chi connectivity index (χ2n) is 3.15. The van der Waals surface area contributed by atoms with E-state index in [0.717, 1.165) is 6.42 Å². The molecular weight excluding hydrogens is 154 g/mol. The minimum Gasteiger partial charge on any atom is -0.466 e. The Labute approximate surface area is 74.5 Å². The molecule has 3 nitrogen and oxygen atoms in total. The smallest absolute Gasteiger partial charge is 0.307 e. The highest BCUT2D eigenvalue weighted by Crippen LogP contribution is 2.13. The molecular formula is C9H19NO2. The molecule has 0 aromatic carbocycles. The summed E-state index contributed by atoms with van der Waals surface area (Å²) in [5, 5.41) is 3.12. The Balaban J connectivity index is 3.93. The van der Waals surface area contributed by atoms with Crippen LogP contribution in [0.4, 0.5) is 0 Å². The number of rotatable bonds is 5. The van der Waals surface area contributed by atoms with E-state index in [0.29, 0.717) is 13.0 Å². The summed E-state index contributed by atoms with van der Waals surface area (Å²) in [5.41, 5.74) is -0.119. The Morgan fingerprint density at radius 2 is 2.08 bits per heavy atom. The maximum absolute atomic E-state index is 11.1. The predicted octanol–water partition coefficient (Wildman–Crippen LogP) is 1.33. The largest absolute Gasteiger partial charge is 0.466 e. The van der Waals surface area contributed by atoms with E-state index in [-0.39, 0.29) is 11.5 Å². The highest BCUT2D eigenvalue weighted by Gasteiger charge is 2.23. The van der Waals surface area contributed by atoms with Gasteiger partial charge in [0, 0.05) is 5.54 Å². The van der Waals surface area contributed by atoms with Crippen molar-refractivity contribution in [2.45, 2.75) is 39.2 Å². The van der Waals surface area contributed by atoms with Gasteiger partial charge < -0.3 is 10.1 Å². The summed E-state index contributed by atoms with van der Waals surface area (Å²) in [5.74, 6) is -0.129. The SMILES string of the molecule is CCOC(=O)C[C@](C)(CC)NC. The lowest BCUT2D eigenvalue weighted by Crippen LogP contribution is -2.41. The number of nitrogens with one attached hydrogen (secondary N) is 1. The van der Waals surface area contributed by atoms with Crippen molar-refractivity contribution in [3.8, 4) is 0 Å². The molecule has 0 rings (SSSR count). The minimum atomic E-state index is -0.129. The number of hydrogen-bond acceptors (Lipinski definition) is 3. The number of carbonyl (C=O) groups excluding carboxylic acids is 1. The molecule has 0 bridgehead atoms. The highest BCUT2D eigenvalue weighted by molar-refractivity contribution is 5.70. The summed E-state index contributed by atoms with van der Waals surface area (Å²) in [7, 11) is 1.86. The van der Waals surface area contributed by atoms with Gasteiger partial charge >= 0.3 is 5.97 Å². The van der Waals surface area contributed by atoms with E-state index in [1.54, 1.807) is 0 Å². The zero-order valence-electron chi connectivity index (χ0n) is 8.44. The van der Waals surface area contributed by atoms with Crippen LogP contribution in [0.3, 0.4) is 0 Å². The molecule has 0 fully saturated rings. The van der Waals surface area contributed by atoms with Gasteiger partial charge in [-0.2, -0.15) is 0 Å². The summed E-state index contributed by atoms with van der Waals surface area (Å²) in [6, 6.07) is 0. The van der Waals surface area contributed by atoms with Gasteiger partial charge in [0.15, 0.2) is 0 Å². The fourth-order valence-electron chi connectivity index (χ4n) is 0.921. The monoisotopic (exact) mass is 173 g/mol. The fourth-order valence-corrected chi connectivity index (χ4v) is 0.921. The third kappa shape index (κ3) is 3.72. The summed E-state index contributed by atoms with van der Waals surface area (Å²) >= 11 is 0. The molecule has 12 heavy (non-hydrogen) atoms. The van der Waals surface area contributed by atoms with Crippen LogP contribution in [0.1, 0.15) is 33.6 Å². The van der Waals surface area contributed by atoms with Crippen molar-refractivity contribution in [2.24, 2.45) is 0 Å². The molecule has 0 heterocycles. The maximum Gasteiger partial charge on any atom is 0.307 e. The average molecular weight is 173 g/mol. The standard InChI is InChI=1S/C9H19NO2/c1-5-9(3,10-4)7-8(11)12-6-2/h10H,5-7H2,1-4H3/t9-/m0/s1. The second-order valence-corrected chi connectivity index (χ2v) is 3.15. The Morgan fingerprint density at radius 3 is 2.42 bits per heavy atom. The lowest BCUT2D eigenvalue weighted by molar-refractivity contribution is -0.144. The molecule has 0 amide bonds. The summed E-state index contributed by atoms with van der Waals surface area (Å²) in [6.07, 6.45) is 1.36. The molecule has 0 unspecified atom stereocenters. The fraction of sp³-hybridized carbons (Fsp3) is 0.889. The minimum absolute atomic E-state index is 0.119. The zero-order chi connectivity index (χ0) is 9.61. The molecule has 0 spiro atoms. The van der Waals surface area contributed by atoms with Gasteiger partial charge in [0.1, 0.15) is 0 Å². The normalized spacial score (nSPS) is 15.3. The zero-order valence-corrected chi connectivity index (χ0v) is 8.44. The first kappa shape index (κ1) is 11.4. The molecule has 0 saturated heterocycles. The quantitative estimate of drug-likeness (QED) is 0.637. The van der Waals surface area contributed by atoms with E-state index in [1.165, 1.54) is 0 Å². The van der Waals surface area contributed by atoms with Crippen molar-refractivity contribution in [3.63, 3.8) is 0 Å². The molecule has 0 aromatic heterocycles. The van der Waals surface area contributed by atoms with Crippen LogP contribution in [-0.4, -0.2) is 25.2 Å². The number of hydrogen-bond donors (Lipinski definition) is 1. The van der Waals surface area contributed by atoms with Crippen LogP contribution in [0, 0.1) is 0 Å². The first-order valence-corrected chi connectivity index (χ1v) is 4.42. The molecule has 0 aliphatic heterocycles. The molecule has 1 atom stereocenters. The van der Waals surface area contributed by atoms with Crippen molar-refractivity contribution in [3.05, 3.63) is 0 Å². The van der Waals surface area contributed by atoms with Crippen LogP contribution < -0.4 is 5.32 Å². The Morgan fingerprint density at radius 1 is 1.50 bits per heavy atom. The second kappa shape index (κ2) is 5.14. The van der Waals surface area contributed by atoms with E-state index in [1.807, 2.05) is 20.9 Å². The third-order valence-electron chi connectivity index (χ3n) is 2.22. The number of esters is 1. The van der Waals surface area contributed by atoms with Crippen molar-refractivity contribution in [1.82, 2.24) is 5.32 Å². The average Bonchev–Trinajstić information content (AvgIpc) is 2.05. The van der Waals surface area contributed by atoms with E-state index in [4.69, 9.17) is 4.74 Å². The first-order chi connectivity index (χ1) is 5.58. The van der Waals surface area contributed by atoms with Crippen LogP contribution in [0.5, 0.6) is 0 Å². The van der Waals surface area contributed by atoms with E-state index >= 15 is 0 Å². The maximum atomic E-state index is 11.1. The Bertz CT molecular complexity index is 141. The van der Waals surface area contributed by atoms with E-state index < -0.39 is 0 Å². The van der Waals surface area contributed by atoms with Gasteiger partial charge in [0.05, 0.1) is 13.0 Å². The van der Waals surface area contributed by atoms with Crippen LogP contribution in [-0.2, 0) is 9.53 Å². The van der Waals surface area contributed by atoms with E-state index in [2.05, 4.69) is 12.2 Å². The molecule has 3 heteroatoms. The van der Waals surface area contributed by atoms with Crippen LogP contribution in [0.25, 0.3) is 0 Å². The predicted molar refractivity (Wildman–Crippen MR) is 49.0 cm³/mol. The van der Waals surface area contributed by atoms with Gasteiger partial charge in [0.25, 0.3) is 0 Å². The molecule has 0 aliphatic rings. The van der Waals surface area contributed by atoms with Gasteiger partial charge in [-0.25, -0.2) is 0 Å². The number of ether oxygens (including phenoxy) is 1. The van der Waals surface area contributed by atoms with Gasteiger partial charge in [-0.3, -0.25) is 4.79 Å². The number of carbonyl (C=O) groups is 1. The topological polar surface area (TPSA) is 38.3 Å². The first-order valence-electron chi connectivity index (χ1n) is 4.42. The summed E-state index contributed by atoms with van der Waals surface area (Å²) < 4.78 is 4.86. The highest BCUT2D eigenvalue weighted by atomic mass is 16.5. The van der Waals surface area contributed by atoms with Crippen LogP contribution >= 0.6 is 0 Å². The summed E-state index contributed by atoms with van der Waals surface area (Å²) in [6.45, 7) is 6.35. The molecule has 1 N–H and O–H groups in total. The molecule has 0 aliphatic carbocycles. The van der Waals surface area contributed by atoms with Crippen molar-refractivity contribution in [1.29, 1.82) is 0 Å². The van der Waals surface area contributed by atoms with E-state index in [9.17, 15) is 4.79 Å². The van der Waals surface area contributed by atoms with Crippen molar-refractivity contribution >= 4 is 5.97 Å². The molecule has 0 saturated carbocycles. The van der Waals surface area contributed by atoms with Gasteiger partial charge in [-0.05, 0) is 27.3 Å². The third-order valence-corrected chi connectivity index (χ3v) is 2.22. The van der Waals surface area contributed by atoms with Crippen molar-refractivity contribution < 1.29 is 9.53 Å². The lowest BCUT2D eigenvalue weighted by atomic mass is 9.95. The van der Waals surface area contributed by atoms with Crippen molar-refractivity contribution in [2.75, 3.05) is 13.7 Å². The Kier molecular flexibility index (Phi) is 4.90.